The van der Waals surface area contributed by atoms with E-state index in [1.807, 2.05) is 0 Å². The number of ether oxygens (including phenoxy) is 2. The summed E-state index contributed by atoms with van der Waals surface area (Å²) in [5, 5.41) is 7.03. The average Bonchev–Trinajstić information content (AvgIpc) is 3.07. The Morgan fingerprint density at radius 2 is 1.91 bits per heavy atom. The zero-order chi connectivity index (χ0) is 23.8. The predicted octanol–water partition coefficient (Wildman–Crippen LogP) is 4.19. The molecule has 0 unspecified atom stereocenters. The minimum absolute atomic E-state index is 0.0957. The number of carbonyl (C=O) groups is 2. The molecule has 0 fully saturated rings. The van der Waals surface area contributed by atoms with E-state index < -0.39 is 30.9 Å². The number of alkyl halides is 2. The van der Waals surface area contributed by atoms with E-state index in [2.05, 4.69) is 15.2 Å². The molecule has 10 heteroatoms. The number of hydrogen-bond acceptors (Lipinski definition) is 5. The van der Waals surface area contributed by atoms with Crippen LogP contribution in [0.1, 0.15) is 12.6 Å². The molecule has 2 heterocycles. The molecule has 33 heavy (non-hydrogen) atoms. The molecule has 0 radical (unpaired) electrons. The highest BCUT2D eigenvalue weighted by molar-refractivity contribution is 5.97. The maximum atomic E-state index is 14.6. The van der Waals surface area contributed by atoms with Gasteiger partial charge in [0.25, 0.3) is 5.91 Å². The van der Waals surface area contributed by atoms with Crippen LogP contribution in [0.2, 0.25) is 0 Å². The Bertz CT molecular complexity index is 1220. The number of benzene rings is 2. The number of fused-ring (bicyclic) bond motifs is 1. The first-order chi connectivity index (χ1) is 15.6. The fourth-order valence-corrected chi connectivity index (χ4v) is 3.65. The van der Waals surface area contributed by atoms with Crippen molar-refractivity contribution in [2.24, 2.45) is 0 Å². The summed E-state index contributed by atoms with van der Waals surface area (Å²) in [5.74, 6) is -4.51. The normalized spacial score (nSPS) is 13.2. The van der Waals surface area contributed by atoms with Crippen molar-refractivity contribution in [3.8, 4) is 28.1 Å². The smallest absolute Gasteiger partial charge is 0.302 e. The molecule has 4 rings (SSSR count). The maximum absolute atomic E-state index is 14.6. The lowest BCUT2D eigenvalue weighted by Crippen LogP contribution is -2.31. The fourth-order valence-electron chi connectivity index (χ4n) is 3.65. The highest BCUT2D eigenvalue weighted by Crippen LogP contribution is 2.39. The standard InChI is InChI=1S/C23H20F3N3O4/c1-13-21(16-5-8-19-18(9-16)27-20(31)10-32-19)22(15-3-6-17(24)7-4-15)29(28-13)11-23(25,26)12-33-14(2)30/h3-9H,10-12H2,1-2H3,(H,27,31). The average molecular weight is 459 g/mol. The van der Waals surface area contributed by atoms with Crippen LogP contribution in [-0.2, 0) is 20.9 Å². The molecule has 0 spiro atoms. The summed E-state index contributed by atoms with van der Waals surface area (Å²) in [5.41, 5.74) is 2.83. The van der Waals surface area contributed by atoms with Crippen LogP contribution in [0.15, 0.2) is 42.5 Å². The lowest BCUT2D eigenvalue weighted by Gasteiger charge is -2.20. The third kappa shape index (κ3) is 4.84. The number of rotatable bonds is 6. The van der Waals surface area contributed by atoms with Gasteiger partial charge in [0, 0.05) is 18.1 Å². The molecule has 0 bridgehead atoms. The second kappa shape index (κ2) is 8.61. The van der Waals surface area contributed by atoms with Crippen LogP contribution < -0.4 is 10.1 Å². The van der Waals surface area contributed by atoms with E-state index in [1.165, 1.54) is 24.3 Å². The molecular weight excluding hydrogens is 439 g/mol. The van der Waals surface area contributed by atoms with Gasteiger partial charge in [-0.1, -0.05) is 6.07 Å². The van der Waals surface area contributed by atoms with Crippen molar-refractivity contribution in [3.63, 3.8) is 0 Å². The molecule has 172 valence electrons. The number of hydrogen-bond donors (Lipinski definition) is 1. The number of nitrogens with one attached hydrogen (secondary N) is 1. The molecular formula is C23H20F3N3O4. The van der Waals surface area contributed by atoms with Gasteiger partial charge in [0.15, 0.2) is 13.2 Å². The van der Waals surface area contributed by atoms with Gasteiger partial charge in [0.2, 0.25) is 0 Å². The van der Waals surface area contributed by atoms with E-state index in [-0.39, 0.29) is 12.5 Å². The van der Waals surface area contributed by atoms with E-state index in [0.29, 0.717) is 39.5 Å². The quantitative estimate of drug-likeness (QED) is 0.559. The zero-order valence-corrected chi connectivity index (χ0v) is 17.8. The van der Waals surface area contributed by atoms with E-state index in [4.69, 9.17) is 4.74 Å². The molecule has 0 aliphatic carbocycles. The third-order valence-electron chi connectivity index (χ3n) is 5.01. The van der Waals surface area contributed by atoms with Gasteiger partial charge in [-0.15, -0.1) is 0 Å². The van der Waals surface area contributed by atoms with Crippen LogP contribution in [0.3, 0.4) is 0 Å². The van der Waals surface area contributed by atoms with Crippen LogP contribution in [0, 0.1) is 12.7 Å². The van der Waals surface area contributed by atoms with E-state index >= 15 is 0 Å². The Labute approximate surface area is 187 Å². The van der Waals surface area contributed by atoms with Crippen LogP contribution in [0.5, 0.6) is 5.75 Å². The molecule has 2 aromatic carbocycles. The highest BCUT2D eigenvalue weighted by Gasteiger charge is 2.34. The number of anilines is 1. The third-order valence-corrected chi connectivity index (χ3v) is 5.01. The molecule has 0 saturated heterocycles. The van der Waals surface area contributed by atoms with Crippen LogP contribution >= 0.6 is 0 Å². The maximum Gasteiger partial charge on any atom is 0.302 e. The summed E-state index contributed by atoms with van der Waals surface area (Å²) < 4.78 is 53.7. The van der Waals surface area contributed by atoms with E-state index in [0.717, 1.165) is 11.6 Å². The van der Waals surface area contributed by atoms with Gasteiger partial charge in [-0.25, -0.2) is 13.2 Å². The summed E-state index contributed by atoms with van der Waals surface area (Å²) in [6.45, 7) is 0.661. The second-order valence-electron chi connectivity index (χ2n) is 7.66. The van der Waals surface area contributed by atoms with Gasteiger partial charge in [-0.05, 0) is 48.9 Å². The van der Waals surface area contributed by atoms with Crippen molar-refractivity contribution >= 4 is 17.6 Å². The predicted molar refractivity (Wildman–Crippen MR) is 113 cm³/mol. The largest absolute Gasteiger partial charge is 0.482 e. The van der Waals surface area contributed by atoms with Crippen molar-refractivity contribution < 1.29 is 32.2 Å². The van der Waals surface area contributed by atoms with E-state index in [9.17, 15) is 22.8 Å². The molecule has 1 aliphatic rings. The summed E-state index contributed by atoms with van der Waals surface area (Å²) in [7, 11) is 0. The molecule has 0 saturated carbocycles. The summed E-state index contributed by atoms with van der Waals surface area (Å²) in [6.07, 6.45) is 0. The number of aromatic nitrogens is 2. The van der Waals surface area contributed by atoms with Gasteiger partial charge >= 0.3 is 11.9 Å². The summed E-state index contributed by atoms with van der Waals surface area (Å²) in [4.78, 5) is 22.7. The minimum atomic E-state index is -3.39. The van der Waals surface area contributed by atoms with Crippen molar-refractivity contribution in [2.75, 3.05) is 18.5 Å². The lowest BCUT2D eigenvalue weighted by atomic mass is 9.98. The number of nitrogens with zero attached hydrogens (tertiary/aromatic N) is 2. The molecule has 3 aromatic rings. The molecule has 7 nitrogen and oxygen atoms in total. The van der Waals surface area contributed by atoms with Crippen LogP contribution in [0.4, 0.5) is 18.9 Å². The molecule has 1 amide bonds. The van der Waals surface area contributed by atoms with Crippen molar-refractivity contribution in [1.29, 1.82) is 0 Å². The fraction of sp³-hybridized carbons (Fsp3) is 0.261. The zero-order valence-electron chi connectivity index (χ0n) is 17.8. The van der Waals surface area contributed by atoms with Gasteiger partial charge in [0.05, 0.1) is 17.1 Å². The summed E-state index contributed by atoms with van der Waals surface area (Å²) in [6, 6.07) is 10.5. The monoisotopic (exact) mass is 459 g/mol. The number of halogens is 3. The van der Waals surface area contributed by atoms with Crippen molar-refractivity contribution in [1.82, 2.24) is 9.78 Å². The Morgan fingerprint density at radius 1 is 1.21 bits per heavy atom. The number of amides is 1. The number of aryl methyl sites for hydroxylation is 1. The lowest BCUT2D eigenvalue weighted by molar-refractivity contribution is -0.154. The molecule has 1 N–H and O–H groups in total. The topological polar surface area (TPSA) is 82.5 Å². The minimum Gasteiger partial charge on any atom is -0.482 e. The van der Waals surface area contributed by atoms with Gasteiger partial charge < -0.3 is 14.8 Å². The molecule has 0 atom stereocenters. The Hall–Kier alpha value is -3.82. The first kappa shape index (κ1) is 22.4. The van der Waals surface area contributed by atoms with Crippen LogP contribution in [0.25, 0.3) is 22.4 Å². The molecule has 1 aromatic heterocycles. The first-order valence-electron chi connectivity index (χ1n) is 10.0. The van der Waals surface area contributed by atoms with Crippen molar-refractivity contribution in [3.05, 3.63) is 54.0 Å². The van der Waals surface area contributed by atoms with Gasteiger partial charge in [-0.2, -0.15) is 5.10 Å². The second-order valence-corrected chi connectivity index (χ2v) is 7.66. The Balaban J connectivity index is 1.82. The van der Waals surface area contributed by atoms with Gasteiger partial charge in [0.1, 0.15) is 18.1 Å². The Kier molecular flexibility index (Phi) is 5.84. The van der Waals surface area contributed by atoms with E-state index in [1.54, 1.807) is 25.1 Å². The number of esters is 1. The van der Waals surface area contributed by atoms with Crippen molar-refractivity contribution in [2.45, 2.75) is 26.3 Å². The molecule has 1 aliphatic heterocycles. The SMILES string of the molecule is CC(=O)OCC(F)(F)Cn1nc(C)c(-c2ccc3c(c2)NC(=O)CO3)c1-c1ccc(F)cc1. The van der Waals surface area contributed by atoms with Gasteiger partial charge in [-0.3, -0.25) is 14.3 Å². The highest BCUT2D eigenvalue weighted by atomic mass is 19.3. The van der Waals surface area contributed by atoms with Crippen LogP contribution in [-0.4, -0.2) is 40.8 Å². The first-order valence-corrected chi connectivity index (χ1v) is 10.0. The summed E-state index contributed by atoms with van der Waals surface area (Å²) >= 11 is 0. The number of carbonyl (C=O) groups excluding carboxylic acids is 2. The Morgan fingerprint density at radius 3 is 2.61 bits per heavy atom.